The predicted molar refractivity (Wildman–Crippen MR) is 61.6 cm³/mol. The molecule has 15 heavy (non-hydrogen) atoms. The molecule has 0 aliphatic carbocycles. The van der Waals surface area contributed by atoms with Gasteiger partial charge >= 0.3 is 0 Å². The third kappa shape index (κ3) is 4.03. The summed E-state index contributed by atoms with van der Waals surface area (Å²) >= 11 is 1.49. The average Bonchev–Trinajstić information content (AvgIpc) is 2.26. The van der Waals surface area contributed by atoms with Crippen molar-refractivity contribution in [2.75, 3.05) is 17.8 Å². The van der Waals surface area contributed by atoms with Gasteiger partial charge in [-0.25, -0.2) is 15.8 Å². The van der Waals surface area contributed by atoms with Crippen molar-refractivity contribution >= 4 is 17.6 Å². The predicted octanol–water partition coefficient (Wildman–Crippen LogP) is 0.799. The lowest BCUT2D eigenvalue weighted by molar-refractivity contribution is 0.322. The number of aliphatic hydroxyl groups excluding tert-OH is 1. The van der Waals surface area contributed by atoms with Crippen LogP contribution in [0.15, 0.2) is 11.1 Å². The highest BCUT2D eigenvalue weighted by Gasteiger charge is 2.03. The molecule has 1 rings (SSSR count). The summed E-state index contributed by atoms with van der Waals surface area (Å²) < 4.78 is 0. The highest BCUT2D eigenvalue weighted by Crippen LogP contribution is 2.18. The number of thioether (sulfide) groups is 1. The summed E-state index contributed by atoms with van der Waals surface area (Å²) in [5, 5.41) is 9.57. The zero-order chi connectivity index (χ0) is 11.1. The number of hydrogen-bond acceptors (Lipinski definition) is 6. The largest absolute Gasteiger partial charge is 0.396 e. The molecule has 0 aromatic carbocycles. The summed E-state index contributed by atoms with van der Waals surface area (Å²) in [4.78, 5) is 8.58. The fourth-order valence-electron chi connectivity index (χ4n) is 1.11. The summed E-state index contributed by atoms with van der Waals surface area (Å²) in [7, 11) is 0. The Morgan fingerprint density at radius 1 is 1.53 bits per heavy atom. The molecule has 0 atom stereocenters. The monoisotopic (exact) mass is 228 g/mol. The summed E-state index contributed by atoms with van der Waals surface area (Å²) in [5.41, 5.74) is 2.52. The molecule has 0 saturated carbocycles. The molecule has 0 spiro atoms. The standard InChI is InChI=1S/C9H16N4OS/c1-2-3-7-11-8(13-10)6-9(12-7)15-5-4-14/h6,14H,2-5,10H2,1H3,(H,11,12,13). The normalized spacial score (nSPS) is 10.3. The van der Waals surface area contributed by atoms with Crippen LogP contribution in [0.1, 0.15) is 19.2 Å². The fraction of sp³-hybridized carbons (Fsp3) is 0.556. The maximum atomic E-state index is 8.72. The van der Waals surface area contributed by atoms with Gasteiger partial charge in [0.05, 0.1) is 6.61 Å². The van der Waals surface area contributed by atoms with E-state index < -0.39 is 0 Å². The smallest absolute Gasteiger partial charge is 0.144 e. The molecule has 1 aromatic heterocycles. The lowest BCUT2D eigenvalue weighted by Crippen LogP contribution is -2.11. The second-order valence-electron chi connectivity index (χ2n) is 2.97. The van der Waals surface area contributed by atoms with E-state index in [9.17, 15) is 0 Å². The zero-order valence-corrected chi connectivity index (χ0v) is 9.55. The van der Waals surface area contributed by atoms with Gasteiger partial charge in [-0.2, -0.15) is 0 Å². The number of hydrazine groups is 1. The Hall–Kier alpha value is -0.850. The van der Waals surface area contributed by atoms with Gasteiger partial charge in [-0.1, -0.05) is 6.92 Å². The SMILES string of the molecule is CCCc1nc(NN)cc(SCCO)n1. The van der Waals surface area contributed by atoms with Crippen molar-refractivity contribution in [1.29, 1.82) is 0 Å². The first kappa shape index (κ1) is 12.2. The number of aryl methyl sites for hydroxylation is 1. The minimum atomic E-state index is 0.142. The van der Waals surface area contributed by atoms with Gasteiger partial charge in [0, 0.05) is 18.2 Å². The van der Waals surface area contributed by atoms with Crippen LogP contribution in [0.2, 0.25) is 0 Å². The van der Waals surface area contributed by atoms with Gasteiger partial charge in [-0.15, -0.1) is 11.8 Å². The van der Waals surface area contributed by atoms with Crippen LogP contribution in [0, 0.1) is 0 Å². The minimum absolute atomic E-state index is 0.142. The van der Waals surface area contributed by atoms with Crippen LogP contribution in [0.3, 0.4) is 0 Å². The number of nitrogens with two attached hydrogens (primary N) is 1. The molecule has 84 valence electrons. The summed E-state index contributed by atoms with van der Waals surface area (Å²) in [6.45, 7) is 2.22. The van der Waals surface area contributed by atoms with E-state index in [1.807, 2.05) is 0 Å². The van der Waals surface area contributed by atoms with Gasteiger partial charge in [0.2, 0.25) is 0 Å². The quantitative estimate of drug-likeness (QED) is 0.289. The lowest BCUT2D eigenvalue weighted by Gasteiger charge is -2.06. The Balaban J connectivity index is 2.79. The molecule has 1 aromatic rings. The van der Waals surface area contributed by atoms with E-state index >= 15 is 0 Å². The number of hydrogen-bond donors (Lipinski definition) is 3. The molecular formula is C9H16N4OS. The number of aromatic nitrogens is 2. The maximum Gasteiger partial charge on any atom is 0.144 e. The number of nitrogens with zero attached hydrogens (tertiary/aromatic N) is 2. The summed E-state index contributed by atoms with van der Waals surface area (Å²) in [5.74, 6) is 7.35. The Morgan fingerprint density at radius 3 is 2.93 bits per heavy atom. The lowest BCUT2D eigenvalue weighted by atomic mass is 10.3. The molecule has 0 amide bonds. The van der Waals surface area contributed by atoms with Crippen LogP contribution in [-0.4, -0.2) is 27.4 Å². The van der Waals surface area contributed by atoms with Crippen molar-refractivity contribution in [1.82, 2.24) is 9.97 Å². The van der Waals surface area contributed by atoms with Gasteiger partial charge in [0.15, 0.2) is 0 Å². The van der Waals surface area contributed by atoms with E-state index in [2.05, 4.69) is 22.3 Å². The Morgan fingerprint density at radius 2 is 2.33 bits per heavy atom. The first-order valence-electron chi connectivity index (χ1n) is 4.88. The number of anilines is 1. The second kappa shape index (κ2) is 6.60. The van der Waals surface area contributed by atoms with Crippen molar-refractivity contribution < 1.29 is 5.11 Å². The third-order valence-corrected chi connectivity index (χ3v) is 2.60. The van der Waals surface area contributed by atoms with Gasteiger partial charge in [0.1, 0.15) is 16.7 Å². The number of rotatable bonds is 6. The van der Waals surface area contributed by atoms with E-state index in [1.165, 1.54) is 11.8 Å². The first-order chi connectivity index (χ1) is 7.30. The van der Waals surface area contributed by atoms with E-state index in [1.54, 1.807) is 6.07 Å². The number of nitrogen functional groups attached to an aromatic ring is 1. The van der Waals surface area contributed by atoms with E-state index in [0.29, 0.717) is 11.6 Å². The highest BCUT2D eigenvalue weighted by atomic mass is 32.2. The van der Waals surface area contributed by atoms with Gasteiger partial charge in [0.25, 0.3) is 0 Å². The molecule has 0 aliphatic heterocycles. The van der Waals surface area contributed by atoms with Crippen LogP contribution in [-0.2, 0) is 6.42 Å². The Kier molecular flexibility index (Phi) is 5.38. The first-order valence-corrected chi connectivity index (χ1v) is 5.87. The molecule has 4 N–H and O–H groups in total. The van der Waals surface area contributed by atoms with Gasteiger partial charge in [-0.3, -0.25) is 0 Å². The molecule has 0 aliphatic rings. The van der Waals surface area contributed by atoms with Crippen molar-refractivity contribution in [2.24, 2.45) is 5.84 Å². The summed E-state index contributed by atoms with van der Waals surface area (Å²) in [6.07, 6.45) is 1.83. The maximum absolute atomic E-state index is 8.72. The topological polar surface area (TPSA) is 84.1 Å². The molecular weight excluding hydrogens is 212 g/mol. The Bertz CT molecular complexity index is 308. The van der Waals surface area contributed by atoms with Crippen LogP contribution in [0.4, 0.5) is 5.82 Å². The van der Waals surface area contributed by atoms with Crippen LogP contribution in [0.25, 0.3) is 0 Å². The summed E-state index contributed by atoms with van der Waals surface area (Å²) in [6, 6.07) is 1.78. The average molecular weight is 228 g/mol. The molecule has 0 bridgehead atoms. The molecule has 0 unspecified atom stereocenters. The second-order valence-corrected chi connectivity index (χ2v) is 4.09. The number of aliphatic hydroxyl groups is 1. The molecule has 1 heterocycles. The van der Waals surface area contributed by atoms with E-state index in [4.69, 9.17) is 10.9 Å². The van der Waals surface area contributed by atoms with Crippen molar-refractivity contribution in [3.8, 4) is 0 Å². The number of nitrogens with one attached hydrogen (secondary N) is 1. The Labute approximate surface area is 93.5 Å². The van der Waals surface area contributed by atoms with Crippen molar-refractivity contribution in [3.05, 3.63) is 11.9 Å². The van der Waals surface area contributed by atoms with Crippen LogP contribution < -0.4 is 11.3 Å². The van der Waals surface area contributed by atoms with E-state index in [-0.39, 0.29) is 6.61 Å². The molecule has 0 saturated heterocycles. The molecule has 0 fully saturated rings. The molecule has 0 radical (unpaired) electrons. The van der Waals surface area contributed by atoms with Gasteiger partial charge < -0.3 is 10.5 Å². The van der Waals surface area contributed by atoms with Crippen LogP contribution in [0.5, 0.6) is 0 Å². The van der Waals surface area contributed by atoms with Crippen molar-refractivity contribution in [3.63, 3.8) is 0 Å². The van der Waals surface area contributed by atoms with Gasteiger partial charge in [-0.05, 0) is 6.42 Å². The van der Waals surface area contributed by atoms with E-state index in [0.717, 1.165) is 23.7 Å². The fourth-order valence-corrected chi connectivity index (χ4v) is 1.77. The van der Waals surface area contributed by atoms with Crippen LogP contribution >= 0.6 is 11.8 Å². The highest BCUT2D eigenvalue weighted by molar-refractivity contribution is 7.99. The third-order valence-electron chi connectivity index (χ3n) is 1.71. The van der Waals surface area contributed by atoms with Crippen molar-refractivity contribution in [2.45, 2.75) is 24.8 Å². The minimum Gasteiger partial charge on any atom is -0.396 e. The molecule has 5 nitrogen and oxygen atoms in total. The molecule has 6 heteroatoms. The zero-order valence-electron chi connectivity index (χ0n) is 8.73.